The molecule has 1 saturated heterocycles. The van der Waals surface area contributed by atoms with E-state index in [1.54, 1.807) is 19.3 Å². The Hall–Kier alpha value is -4.53. The summed E-state index contributed by atoms with van der Waals surface area (Å²) in [7, 11) is 3.33. The van der Waals surface area contributed by atoms with Crippen LogP contribution < -0.4 is 14.2 Å². The number of methoxy groups -OCH3 is 2. The van der Waals surface area contributed by atoms with Crippen LogP contribution in [0.1, 0.15) is 49.8 Å². The van der Waals surface area contributed by atoms with E-state index in [2.05, 4.69) is 24.3 Å². The highest BCUT2D eigenvalue weighted by atomic mass is 16.8. The molecule has 0 radical (unpaired) electrons. The summed E-state index contributed by atoms with van der Waals surface area (Å²) in [5.41, 5.74) is 2.47. The van der Waals surface area contributed by atoms with Crippen molar-refractivity contribution in [3.63, 3.8) is 0 Å². The van der Waals surface area contributed by atoms with Gasteiger partial charge < -0.3 is 28.5 Å². The van der Waals surface area contributed by atoms with Crippen LogP contribution in [0.15, 0.2) is 91.0 Å². The second kappa shape index (κ2) is 15.2. The number of carbonyl (C=O) groups excluding carboxylic acids is 1. The predicted molar refractivity (Wildman–Crippen MR) is 179 cm³/mol. The number of hydrogen-bond donors (Lipinski definition) is 0. The molecule has 0 N–H and O–H groups in total. The third-order valence-electron chi connectivity index (χ3n) is 7.79. The van der Waals surface area contributed by atoms with Gasteiger partial charge in [-0.05, 0) is 62.6 Å². The topological polar surface area (TPSA) is 75.7 Å². The molecule has 242 valence electrons. The van der Waals surface area contributed by atoms with Crippen LogP contribution in [-0.4, -0.2) is 56.8 Å². The fourth-order valence-electron chi connectivity index (χ4n) is 5.68. The Bertz CT molecular complexity index is 1610. The summed E-state index contributed by atoms with van der Waals surface area (Å²) in [6.07, 6.45) is 3.74. The third kappa shape index (κ3) is 8.59. The Morgan fingerprint density at radius 1 is 0.913 bits per heavy atom. The van der Waals surface area contributed by atoms with E-state index in [9.17, 15) is 4.79 Å². The van der Waals surface area contributed by atoms with Gasteiger partial charge in [0.15, 0.2) is 0 Å². The first-order chi connectivity index (χ1) is 22.2. The molecular weight excluding hydrogens is 582 g/mol. The smallest absolute Gasteiger partial charge is 0.496 e. The number of carbonyl (C=O) groups is 1. The molecule has 1 heterocycles. The maximum absolute atomic E-state index is 12.5. The number of nitrogens with zero attached hydrogens (tertiary/aromatic N) is 1. The molecule has 1 aliphatic rings. The Balaban J connectivity index is 1.32. The van der Waals surface area contributed by atoms with Gasteiger partial charge >= 0.3 is 6.16 Å². The van der Waals surface area contributed by atoms with Gasteiger partial charge in [-0.2, -0.15) is 0 Å². The maximum atomic E-state index is 12.5. The fraction of sp³-hybridized carbons (Fsp3) is 0.342. The van der Waals surface area contributed by atoms with Crippen LogP contribution in [0, 0.1) is 0 Å². The molecule has 46 heavy (non-hydrogen) atoms. The molecule has 0 aliphatic carbocycles. The van der Waals surface area contributed by atoms with E-state index in [0.717, 1.165) is 44.7 Å². The lowest BCUT2D eigenvalue weighted by molar-refractivity contribution is -0.179. The minimum absolute atomic E-state index is 0.0545. The average Bonchev–Trinajstić information content (AvgIpc) is 3.05. The van der Waals surface area contributed by atoms with Crippen molar-refractivity contribution in [3.05, 3.63) is 108 Å². The quantitative estimate of drug-likeness (QED) is 0.155. The van der Waals surface area contributed by atoms with Crippen molar-refractivity contribution >= 4 is 23.0 Å². The first-order valence-corrected chi connectivity index (χ1v) is 15.6. The van der Waals surface area contributed by atoms with Crippen molar-refractivity contribution in [2.24, 2.45) is 0 Å². The van der Waals surface area contributed by atoms with E-state index in [0.29, 0.717) is 26.1 Å². The molecule has 1 aliphatic heterocycles. The number of benzene rings is 4. The zero-order valence-electron chi connectivity index (χ0n) is 27.2. The zero-order chi connectivity index (χ0) is 32.5. The third-order valence-corrected chi connectivity index (χ3v) is 7.79. The molecule has 8 heteroatoms. The van der Waals surface area contributed by atoms with Crippen molar-refractivity contribution in [3.8, 4) is 17.2 Å². The van der Waals surface area contributed by atoms with E-state index in [4.69, 9.17) is 28.5 Å². The Kier molecular flexibility index (Phi) is 10.8. The summed E-state index contributed by atoms with van der Waals surface area (Å²) in [6.45, 7) is 7.09. The van der Waals surface area contributed by atoms with Crippen molar-refractivity contribution in [1.29, 1.82) is 0 Å². The van der Waals surface area contributed by atoms with Gasteiger partial charge in [-0.25, -0.2) is 4.79 Å². The highest BCUT2D eigenvalue weighted by molar-refractivity contribution is 5.94. The number of fused-ring (bicyclic) bond motifs is 1. The lowest BCUT2D eigenvalue weighted by Crippen LogP contribution is -2.45. The van der Waals surface area contributed by atoms with Crippen LogP contribution in [-0.2, 0) is 20.9 Å². The minimum Gasteiger partial charge on any atom is -0.496 e. The van der Waals surface area contributed by atoms with Crippen LogP contribution in [0.2, 0.25) is 0 Å². The fourth-order valence-corrected chi connectivity index (χ4v) is 5.68. The molecule has 0 saturated carbocycles. The molecule has 2 atom stereocenters. The second-order valence-corrected chi connectivity index (χ2v) is 12.2. The molecule has 5 rings (SSSR count). The van der Waals surface area contributed by atoms with Gasteiger partial charge in [0.25, 0.3) is 0 Å². The molecule has 4 aromatic carbocycles. The largest absolute Gasteiger partial charge is 0.528 e. The van der Waals surface area contributed by atoms with E-state index < -0.39 is 11.8 Å². The summed E-state index contributed by atoms with van der Waals surface area (Å²) in [6, 6.07) is 28.2. The molecule has 0 spiro atoms. The number of ether oxygens (including phenoxy) is 5. The normalized spacial score (nSPS) is 17.2. The first kappa shape index (κ1) is 32.9. The molecule has 1 fully saturated rings. The lowest BCUT2D eigenvalue weighted by Gasteiger charge is -2.37. The monoisotopic (exact) mass is 625 g/mol. The van der Waals surface area contributed by atoms with Gasteiger partial charge in [0.1, 0.15) is 29.5 Å². The maximum Gasteiger partial charge on any atom is 0.528 e. The van der Waals surface area contributed by atoms with Crippen molar-refractivity contribution in [2.45, 2.75) is 51.4 Å². The molecule has 0 amide bonds. The number of rotatable bonds is 11. The van der Waals surface area contributed by atoms with Crippen molar-refractivity contribution in [2.75, 3.05) is 33.9 Å². The zero-order valence-corrected chi connectivity index (χ0v) is 27.2. The van der Waals surface area contributed by atoms with Gasteiger partial charge in [0.2, 0.25) is 0 Å². The molecular formula is C38H43NO7. The first-order valence-electron chi connectivity index (χ1n) is 15.6. The van der Waals surface area contributed by atoms with Gasteiger partial charge in [0.05, 0.1) is 33.5 Å². The van der Waals surface area contributed by atoms with Crippen LogP contribution in [0.25, 0.3) is 16.8 Å². The van der Waals surface area contributed by atoms with E-state index in [-0.39, 0.29) is 18.6 Å². The van der Waals surface area contributed by atoms with Crippen LogP contribution in [0.5, 0.6) is 17.2 Å². The predicted octanol–water partition coefficient (Wildman–Crippen LogP) is 8.19. The number of piperidine rings is 1. The summed E-state index contributed by atoms with van der Waals surface area (Å²) in [5.74, 6) is 2.34. The molecule has 2 unspecified atom stereocenters. The molecule has 0 bridgehead atoms. The Labute approximate surface area is 271 Å². The molecule has 0 aromatic heterocycles. The Morgan fingerprint density at radius 3 is 2.33 bits per heavy atom. The van der Waals surface area contributed by atoms with E-state index in [1.807, 2.05) is 93.6 Å². The van der Waals surface area contributed by atoms with Gasteiger partial charge in [-0.1, -0.05) is 72.8 Å². The second-order valence-electron chi connectivity index (χ2n) is 12.2. The van der Waals surface area contributed by atoms with E-state index >= 15 is 0 Å². The van der Waals surface area contributed by atoms with Crippen LogP contribution >= 0.6 is 0 Å². The molecule has 8 nitrogen and oxygen atoms in total. The summed E-state index contributed by atoms with van der Waals surface area (Å²) in [5, 5.41) is 3.55. The van der Waals surface area contributed by atoms with E-state index in [1.165, 1.54) is 0 Å². The van der Waals surface area contributed by atoms with Gasteiger partial charge in [0, 0.05) is 28.8 Å². The standard InChI is InChI=1S/C38H43NO7/c1-38(2,3)45-37(40)46-39-22-21-31(28-17-19-30(20-18-28)43-23-11-14-27-12-7-6-8-13-27)35(25-39)44-26-29-24-34(41-4)32-15-9-10-16-33(32)36(29)42-5/h6-20,24,31,35H,21-23,25-26H2,1-5H3/b14-11+. The summed E-state index contributed by atoms with van der Waals surface area (Å²) in [4.78, 5) is 18.1. The molecule has 4 aromatic rings. The van der Waals surface area contributed by atoms with Gasteiger partial charge in [-0.15, -0.1) is 5.06 Å². The van der Waals surface area contributed by atoms with Crippen LogP contribution in [0.4, 0.5) is 4.79 Å². The number of hydroxylamine groups is 2. The van der Waals surface area contributed by atoms with Crippen molar-refractivity contribution < 1.29 is 33.3 Å². The van der Waals surface area contributed by atoms with Crippen molar-refractivity contribution in [1.82, 2.24) is 5.06 Å². The minimum atomic E-state index is -0.728. The summed E-state index contributed by atoms with van der Waals surface area (Å²) < 4.78 is 29.6. The number of hydrogen-bond acceptors (Lipinski definition) is 8. The highest BCUT2D eigenvalue weighted by Gasteiger charge is 2.34. The lowest BCUT2D eigenvalue weighted by atomic mass is 9.87. The SMILES string of the molecule is COc1cc(COC2CN(OC(=O)OC(C)(C)C)CCC2c2ccc(OC/C=C/c3ccccc3)cc2)c(OC)c2ccccc12. The highest BCUT2D eigenvalue weighted by Crippen LogP contribution is 2.38. The average molecular weight is 626 g/mol. The van der Waals surface area contributed by atoms with Gasteiger partial charge in [-0.3, -0.25) is 0 Å². The van der Waals surface area contributed by atoms with Crippen LogP contribution in [0.3, 0.4) is 0 Å². The Morgan fingerprint density at radius 2 is 1.63 bits per heavy atom. The summed E-state index contributed by atoms with van der Waals surface area (Å²) >= 11 is 0.